The number of primary amides is 1. The Morgan fingerprint density at radius 1 is 1.73 bits per heavy atom. The minimum atomic E-state index is -0.733. The van der Waals surface area contributed by atoms with E-state index in [1.807, 2.05) is 0 Å². The first-order valence-corrected chi connectivity index (χ1v) is 3.23. The SMILES string of the molecule is CC1(C)OC(=N)C=C1C(N)=O. The third-order valence-electron chi connectivity index (χ3n) is 1.55. The van der Waals surface area contributed by atoms with Crippen molar-refractivity contribution in [2.24, 2.45) is 5.73 Å². The van der Waals surface area contributed by atoms with Gasteiger partial charge in [0.2, 0.25) is 11.8 Å². The summed E-state index contributed by atoms with van der Waals surface area (Å²) in [6.45, 7) is 3.40. The van der Waals surface area contributed by atoms with Gasteiger partial charge in [0.15, 0.2) is 0 Å². The van der Waals surface area contributed by atoms with Gasteiger partial charge in [0.25, 0.3) is 0 Å². The van der Waals surface area contributed by atoms with Gasteiger partial charge in [-0.05, 0) is 13.8 Å². The van der Waals surface area contributed by atoms with Crippen LogP contribution in [0, 0.1) is 5.41 Å². The maximum atomic E-state index is 10.7. The summed E-state index contributed by atoms with van der Waals surface area (Å²) in [4.78, 5) is 10.7. The number of nitrogens with one attached hydrogen (secondary N) is 1. The third kappa shape index (κ3) is 1.24. The van der Waals surface area contributed by atoms with Crippen LogP contribution in [0.2, 0.25) is 0 Å². The quantitative estimate of drug-likeness (QED) is 0.565. The van der Waals surface area contributed by atoms with Crippen LogP contribution in [0.5, 0.6) is 0 Å². The lowest BCUT2D eigenvalue weighted by Gasteiger charge is -2.19. The van der Waals surface area contributed by atoms with Crippen LogP contribution in [0.25, 0.3) is 0 Å². The zero-order valence-corrected chi connectivity index (χ0v) is 6.47. The summed E-state index contributed by atoms with van der Waals surface area (Å²) in [5.41, 5.74) is 4.67. The van der Waals surface area contributed by atoms with E-state index in [-0.39, 0.29) is 5.90 Å². The molecule has 60 valence electrons. The van der Waals surface area contributed by atoms with Crippen LogP contribution in [0.4, 0.5) is 0 Å². The number of amides is 1. The van der Waals surface area contributed by atoms with Gasteiger partial charge in [-0.1, -0.05) is 0 Å². The van der Waals surface area contributed by atoms with E-state index in [9.17, 15) is 4.79 Å². The lowest BCUT2D eigenvalue weighted by Crippen LogP contribution is -2.30. The predicted molar refractivity (Wildman–Crippen MR) is 40.2 cm³/mol. The molecule has 4 nitrogen and oxygen atoms in total. The van der Waals surface area contributed by atoms with E-state index < -0.39 is 11.5 Å². The van der Waals surface area contributed by atoms with Gasteiger partial charge in [0.05, 0.1) is 5.57 Å². The lowest BCUT2D eigenvalue weighted by atomic mass is 9.99. The predicted octanol–water partition coefficient (Wildman–Crippen LogP) is 0.184. The highest BCUT2D eigenvalue weighted by molar-refractivity contribution is 6.04. The van der Waals surface area contributed by atoms with Crippen LogP contribution in [0.1, 0.15) is 13.8 Å². The van der Waals surface area contributed by atoms with Crippen molar-refractivity contribution in [1.29, 1.82) is 5.41 Å². The zero-order valence-electron chi connectivity index (χ0n) is 6.47. The van der Waals surface area contributed by atoms with Gasteiger partial charge in [0, 0.05) is 6.08 Å². The van der Waals surface area contributed by atoms with Crippen molar-refractivity contribution < 1.29 is 9.53 Å². The first-order chi connectivity index (χ1) is 4.93. The molecule has 1 heterocycles. The molecule has 0 atom stereocenters. The maximum absolute atomic E-state index is 10.7. The number of hydrogen-bond acceptors (Lipinski definition) is 3. The van der Waals surface area contributed by atoms with Gasteiger partial charge in [-0.15, -0.1) is 0 Å². The Hall–Kier alpha value is -1.32. The fourth-order valence-electron chi connectivity index (χ4n) is 1.03. The molecule has 11 heavy (non-hydrogen) atoms. The number of hydrogen-bond donors (Lipinski definition) is 2. The molecule has 0 radical (unpaired) electrons. The van der Waals surface area contributed by atoms with Crippen LogP contribution < -0.4 is 5.73 Å². The average Bonchev–Trinajstić information content (AvgIpc) is 2.04. The molecule has 0 spiro atoms. The van der Waals surface area contributed by atoms with Gasteiger partial charge in [0.1, 0.15) is 5.60 Å². The normalized spacial score (nSPS) is 20.9. The van der Waals surface area contributed by atoms with Crippen molar-refractivity contribution in [3.63, 3.8) is 0 Å². The van der Waals surface area contributed by atoms with Crippen molar-refractivity contribution >= 4 is 11.8 Å². The number of carbonyl (C=O) groups is 1. The van der Waals surface area contributed by atoms with Gasteiger partial charge in [-0.2, -0.15) is 0 Å². The fourth-order valence-corrected chi connectivity index (χ4v) is 1.03. The highest BCUT2D eigenvalue weighted by Crippen LogP contribution is 2.26. The Morgan fingerprint density at radius 3 is 2.45 bits per heavy atom. The number of nitrogens with two attached hydrogens (primary N) is 1. The molecule has 1 aliphatic rings. The van der Waals surface area contributed by atoms with Gasteiger partial charge in [-0.3, -0.25) is 10.2 Å². The number of ether oxygens (including phenoxy) is 1. The average molecular weight is 154 g/mol. The standard InChI is InChI=1S/C7H10N2O2/c1-7(2)4(6(9)10)3-5(8)11-7/h3,8H,1-2H3,(H2,9,10). The van der Waals surface area contributed by atoms with E-state index in [1.54, 1.807) is 13.8 Å². The second-order valence-electron chi connectivity index (χ2n) is 2.90. The summed E-state index contributed by atoms with van der Waals surface area (Å²) in [7, 11) is 0. The first-order valence-electron chi connectivity index (χ1n) is 3.23. The van der Waals surface area contributed by atoms with Crippen LogP contribution in [-0.2, 0) is 9.53 Å². The van der Waals surface area contributed by atoms with Crippen LogP contribution >= 0.6 is 0 Å². The minimum absolute atomic E-state index is 0.0104. The molecule has 1 amide bonds. The smallest absolute Gasteiger partial charge is 0.248 e. The summed E-state index contributed by atoms with van der Waals surface area (Å²) in [5, 5.41) is 7.12. The molecular formula is C7H10N2O2. The minimum Gasteiger partial charge on any atom is -0.467 e. The maximum Gasteiger partial charge on any atom is 0.248 e. The van der Waals surface area contributed by atoms with Gasteiger partial charge in [-0.25, -0.2) is 0 Å². The molecule has 1 rings (SSSR count). The Balaban J connectivity index is 3.01. The first kappa shape index (κ1) is 7.78. The summed E-state index contributed by atoms with van der Waals surface area (Å²) in [6, 6.07) is 0. The molecule has 0 saturated carbocycles. The molecule has 4 heteroatoms. The largest absolute Gasteiger partial charge is 0.467 e. The van der Waals surface area contributed by atoms with Crippen LogP contribution in [0.15, 0.2) is 11.6 Å². The van der Waals surface area contributed by atoms with E-state index in [0.29, 0.717) is 5.57 Å². The molecule has 3 N–H and O–H groups in total. The van der Waals surface area contributed by atoms with Crippen molar-refractivity contribution in [3.8, 4) is 0 Å². The molecule has 0 fully saturated rings. The third-order valence-corrected chi connectivity index (χ3v) is 1.55. The van der Waals surface area contributed by atoms with E-state index in [1.165, 1.54) is 6.08 Å². The molecule has 0 saturated heterocycles. The van der Waals surface area contributed by atoms with Crippen LogP contribution in [-0.4, -0.2) is 17.4 Å². The number of rotatable bonds is 1. The summed E-state index contributed by atoms with van der Waals surface area (Å²) in [6.07, 6.45) is 1.35. The van der Waals surface area contributed by atoms with Crippen LogP contribution in [0.3, 0.4) is 0 Å². The molecule has 0 aromatic rings. The zero-order chi connectivity index (χ0) is 8.65. The molecular weight excluding hydrogens is 144 g/mol. The summed E-state index contributed by atoms with van der Waals surface area (Å²) >= 11 is 0. The molecule has 0 aromatic carbocycles. The second kappa shape index (κ2) is 2.08. The van der Waals surface area contributed by atoms with E-state index >= 15 is 0 Å². The Labute approximate surface area is 64.5 Å². The van der Waals surface area contributed by atoms with E-state index in [4.69, 9.17) is 15.9 Å². The van der Waals surface area contributed by atoms with Crippen molar-refractivity contribution in [2.75, 3.05) is 0 Å². The molecule has 1 aliphatic heterocycles. The fraction of sp³-hybridized carbons (Fsp3) is 0.429. The molecule has 0 bridgehead atoms. The van der Waals surface area contributed by atoms with Crippen molar-refractivity contribution in [2.45, 2.75) is 19.4 Å². The Kier molecular flexibility index (Phi) is 1.47. The van der Waals surface area contributed by atoms with Crippen molar-refractivity contribution in [1.82, 2.24) is 0 Å². The lowest BCUT2D eigenvalue weighted by molar-refractivity contribution is -0.115. The summed E-state index contributed by atoms with van der Waals surface area (Å²) in [5.74, 6) is -0.541. The summed E-state index contributed by atoms with van der Waals surface area (Å²) < 4.78 is 5.01. The second-order valence-corrected chi connectivity index (χ2v) is 2.90. The highest BCUT2D eigenvalue weighted by Gasteiger charge is 2.35. The van der Waals surface area contributed by atoms with E-state index in [2.05, 4.69) is 0 Å². The molecule has 0 aromatic heterocycles. The number of carbonyl (C=O) groups excluding carboxylic acids is 1. The van der Waals surface area contributed by atoms with Gasteiger partial charge >= 0.3 is 0 Å². The van der Waals surface area contributed by atoms with E-state index in [0.717, 1.165) is 0 Å². The molecule has 0 aliphatic carbocycles. The Bertz CT molecular complexity index is 253. The Morgan fingerprint density at radius 2 is 2.27 bits per heavy atom. The topological polar surface area (TPSA) is 76.2 Å². The van der Waals surface area contributed by atoms with Gasteiger partial charge < -0.3 is 10.5 Å². The molecule has 0 unspecified atom stereocenters. The highest BCUT2D eigenvalue weighted by atomic mass is 16.5. The monoisotopic (exact) mass is 154 g/mol. The van der Waals surface area contributed by atoms with Crippen molar-refractivity contribution in [3.05, 3.63) is 11.6 Å².